The van der Waals surface area contributed by atoms with Gasteiger partial charge in [0.25, 0.3) is 11.5 Å². The highest BCUT2D eigenvalue weighted by Gasteiger charge is 2.32. The van der Waals surface area contributed by atoms with E-state index in [2.05, 4.69) is 27.3 Å². The SMILES string of the molecule is CC1=C(C(=O)Nc2ccccc2)[C@@H](c2ccc(C)cc2)n2c(s/c(=C/c3ccc(OCc4ccccc4C#N)c(Br)c3)c2=O)=N1. The molecule has 4 aromatic carbocycles. The summed E-state index contributed by atoms with van der Waals surface area (Å²) >= 11 is 4.88. The van der Waals surface area contributed by atoms with Crippen molar-refractivity contribution in [2.75, 3.05) is 5.32 Å². The maximum absolute atomic E-state index is 14.0. The lowest BCUT2D eigenvalue weighted by molar-refractivity contribution is -0.113. The Morgan fingerprint density at radius 2 is 1.78 bits per heavy atom. The van der Waals surface area contributed by atoms with Gasteiger partial charge in [-0.25, -0.2) is 4.99 Å². The number of carbonyl (C=O) groups excluding carboxylic acids is 1. The summed E-state index contributed by atoms with van der Waals surface area (Å²) in [5, 5.41) is 12.3. The minimum atomic E-state index is -0.647. The smallest absolute Gasteiger partial charge is 0.271 e. The molecule has 1 atom stereocenters. The van der Waals surface area contributed by atoms with E-state index >= 15 is 0 Å². The number of aromatic nitrogens is 1. The number of carbonyl (C=O) groups is 1. The number of para-hydroxylation sites is 1. The summed E-state index contributed by atoms with van der Waals surface area (Å²) in [6.45, 7) is 4.06. The Hall–Kier alpha value is -5.04. The highest BCUT2D eigenvalue weighted by Crippen LogP contribution is 2.31. The molecular weight excluding hydrogens is 648 g/mol. The molecule has 5 aromatic rings. The summed E-state index contributed by atoms with van der Waals surface area (Å²) in [5.41, 5.74) is 5.47. The highest BCUT2D eigenvalue weighted by molar-refractivity contribution is 9.10. The van der Waals surface area contributed by atoms with Gasteiger partial charge in [-0.3, -0.25) is 14.2 Å². The Kier molecular flexibility index (Phi) is 8.60. The van der Waals surface area contributed by atoms with Gasteiger partial charge in [0.05, 0.1) is 37.9 Å². The molecule has 0 spiro atoms. The Balaban J connectivity index is 1.36. The van der Waals surface area contributed by atoms with Crippen molar-refractivity contribution in [3.05, 3.63) is 160 Å². The van der Waals surface area contributed by atoms with Crippen LogP contribution in [0.3, 0.4) is 0 Å². The third-order valence-corrected chi connectivity index (χ3v) is 9.07. The van der Waals surface area contributed by atoms with E-state index < -0.39 is 6.04 Å². The third-order valence-electron chi connectivity index (χ3n) is 7.47. The fourth-order valence-electron chi connectivity index (χ4n) is 5.18. The van der Waals surface area contributed by atoms with Crippen LogP contribution in [0.25, 0.3) is 6.08 Å². The van der Waals surface area contributed by atoms with Crippen LogP contribution < -0.4 is 24.9 Å². The van der Waals surface area contributed by atoms with Gasteiger partial charge in [-0.15, -0.1) is 0 Å². The van der Waals surface area contributed by atoms with Crippen molar-refractivity contribution in [3.8, 4) is 11.8 Å². The maximum Gasteiger partial charge on any atom is 0.271 e. The Labute approximate surface area is 272 Å². The van der Waals surface area contributed by atoms with Gasteiger partial charge in [-0.05, 0) is 77.3 Å². The predicted octanol–water partition coefficient (Wildman–Crippen LogP) is 6.40. The zero-order valence-electron chi connectivity index (χ0n) is 24.5. The van der Waals surface area contributed by atoms with Crippen LogP contribution in [0.4, 0.5) is 5.69 Å². The summed E-state index contributed by atoms with van der Waals surface area (Å²) in [5.74, 6) is 0.310. The number of thiazole rings is 1. The maximum atomic E-state index is 14.0. The molecule has 0 fully saturated rings. The van der Waals surface area contributed by atoms with E-state index in [-0.39, 0.29) is 18.1 Å². The average Bonchev–Trinajstić information content (AvgIpc) is 3.34. The van der Waals surface area contributed by atoms with Crippen molar-refractivity contribution in [3.63, 3.8) is 0 Å². The lowest BCUT2D eigenvalue weighted by Gasteiger charge is -2.25. The number of nitrogens with one attached hydrogen (secondary N) is 1. The van der Waals surface area contributed by atoms with Crippen LogP contribution in [0.5, 0.6) is 5.75 Å². The van der Waals surface area contributed by atoms with Crippen molar-refractivity contribution in [1.82, 2.24) is 4.57 Å². The molecule has 45 heavy (non-hydrogen) atoms. The molecule has 9 heteroatoms. The minimum absolute atomic E-state index is 0.230. The van der Waals surface area contributed by atoms with Gasteiger partial charge in [0.1, 0.15) is 12.4 Å². The molecule has 1 aromatic heterocycles. The average molecular weight is 676 g/mol. The zero-order valence-corrected chi connectivity index (χ0v) is 26.9. The lowest BCUT2D eigenvalue weighted by Crippen LogP contribution is -2.40. The molecule has 1 amide bonds. The number of aryl methyl sites for hydroxylation is 1. The number of amides is 1. The quantitative estimate of drug-likeness (QED) is 0.216. The molecular formula is C36H27BrN4O3S. The monoisotopic (exact) mass is 674 g/mol. The van der Waals surface area contributed by atoms with E-state index in [0.717, 1.165) is 22.3 Å². The first kappa shape index (κ1) is 30.0. The first-order chi connectivity index (χ1) is 21.8. The highest BCUT2D eigenvalue weighted by atomic mass is 79.9. The molecule has 0 bridgehead atoms. The largest absolute Gasteiger partial charge is 0.488 e. The van der Waals surface area contributed by atoms with E-state index in [1.165, 1.54) is 11.3 Å². The van der Waals surface area contributed by atoms with Gasteiger partial charge >= 0.3 is 0 Å². The normalized spacial score (nSPS) is 14.4. The number of fused-ring (bicyclic) bond motifs is 1. The number of benzene rings is 4. The van der Waals surface area contributed by atoms with Crippen molar-refractivity contribution in [1.29, 1.82) is 5.26 Å². The number of anilines is 1. The summed E-state index contributed by atoms with van der Waals surface area (Å²) < 4.78 is 8.81. The topological polar surface area (TPSA) is 96.5 Å². The summed E-state index contributed by atoms with van der Waals surface area (Å²) in [6.07, 6.45) is 1.82. The number of rotatable bonds is 7. The molecule has 0 saturated carbocycles. The molecule has 0 aliphatic carbocycles. The van der Waals surface area contributed by atoms with E-state index in [1.54, 1.807) is 10.6 Å². The van der Waals surface area contributed by atoms with Crippen LogP contribution in [0, 0.1) is 18.3 Å². The molecule has 6 rings (SSSR count). The summed E-state index contributed by atoms with van der Waals surface area (Å²) in [6, 6.07) is 31.5. The van der Waals surface area contributed by atoms with Gasteiger partial charge in [0, 0.05) is 11.3 Å². The number of hydrogen-bond donors (Lipinski definition) is 1. The molecule has 0 unspecified atom stereocenters. The zero-order chi connectivity index (χ0) is 31.5. The van der Waals surface area contributed by atoms with Crippen LogP contribution >= 0.6 is 27.3 Å². The fourth-order valence-corrected chi connectivity index (χ4v) is 6.74. The van der Waals surface area contributed by atoms with Gasteiger partial charge in [-0.1, -0.05) is 83.6 Å². The molecule has 0 saturated heterocycles. The summed E-state index contributed by atoms with van der Waals surface area (Å²) in [7, 11) is 0. The third kappa shape index (κ3) is 6.29. The van der Waals surface area contributed by atoms with Gasteiger partial charge in [0.15, 0.2) is 4.80 Å². The molecule has 1 aliphatic heterocycles. The van der Waals surface area contributed by atoms with E-state index in [4.69, 9.17) is 9.73 Å². The Bertz CT molecular complexity index is 2180. The van der Waals surface area contributed by atoms with Crippen LogP contribution in [0.2, 0.25) is 0 Å². The van der Waals surface area contributed by atoms with Crippen LogP contribution in [0.1, 0.15) is 40.8 Å². The van der Waals surface area contributed by atoms with Crippen molar-refractivity contribution in [2.24, 2.45) is 4.99 Å². The second-order valence-electron chi connectivity index (χ2n) is 10.6. The number of halogens is 1. The van der Waals surface area contributed by atoms with E-state index in [0.29, 0.717) is 42.1 Å². The molecule has 1 aliphatic rings. The number of ether oxygens (including phenoxy) is 1. The summed E-state index contributed by atoms with van der Waals surface area (Å²) in [4.78, 5) is 33.0. The van der Waals surface area contributed by atoms with Crippen LogP contribution in [-0.4, -0.2) is 10.5 Å². The molecule has 2 heterocycles. The molecule has 222 valence electrons. The Morgan fingerprint density at radius 3 is 2.51 bits per heavy atom. The minimum Gasteiger partial charge on any atom is -0.488 e. The van der Waals surface area contributed by atoms with Gasteiger partial charge in [0.2, 0.25) is 0 Å². The predicted molar refractivity (Wildman–Crippen MR) is 180 cm³/mol. The fraction of sp³-hybridized carbons (Fsp3) is 0.111. The first-order valence-corrected chi connectivity index (χ1v) is 15.8. The molecule has 0 radical (unpaired) electrons. The second-order valence-corrected chi connectivity index (χ2v) is 12.4. The van der Waals surface area contributed by atoms with E-state index in [9.17, 15) is 14.9 Å². The molecule has 1 N–H and O–H groups in total. The van der Waals surface area contributed by atoms with Gasteiger partial charge in [-0.2, -0.15) is 5.26 Å². The standard InChI is InChI=1S/C36H27BrN4O3S/c1-22-12-15-25(16-13-22)33-32(34(42)40-28-10-4-3-5-11-28)23(2)39-36-41(33)35(43)31(45-36)19-24-14-17-30(29(37)18-24)44-21-27-9-7-6-8-26(27)20-38/h3-19,33H,21H2,1-2H3,(H,40,42)/b31-19+/t33-/m1/s1. The van der Waals surface area contributed by atoms with Crippen molar-refractivity contribution < 1.29 is 9.53 Å². The van der Waals surface area contributed by atoms with Gasteiger partial charge < -0.3 is 10.1 Å². The van der Waals surface area contributed by atoms with Crippen molar-refractivity contribution in [2.45, 2.75) is 26.5 Å². The second kappa shape index (κ2) is 12.9. The van der Waals surface area contributed by atoms with Crippen molar-refractivity contribution >= 4 is 44.9 Å². The van der Waals surface area contributed by atoms with E-state index in [1.807, 2.05) is 111 Å². The lowest BCUT2D eigenvalue weighted by atomic mass is 9.94. The van der Waals surface area contributed by atoms with Crippen LogP contribution in [0.15, 0.2) is 123 Å². The number of nitriles is 1. The molecule has 7 nitrogen and oxygen atoms in total. The number of hydrogen-bond acceptors (Lipinski definition) is 6. The number of allylic oxidation sites excluding steroid dienone is 1. The Morgan fingerprint density at radius 1 is 1.04 bits per heavy atom. The first-order valence-electron chi connectivity index (χ1n) is 14.2. The number of nitrogens with zero attached hydrogens (tertiary/aromatic N) is 3. The van der Waals surface area contributed by atoms with Crippen LogP contribution in [-0.2, 0) is 11.4 Å².